The fraction of sp³-hybridized carbons (Fsp3) is 0.333. The number of halogens is 1. The predicted molar refractivity (Wildman–Crippen MR) is 109 cm³/mol. The van der Waals surface area contributed by atoms with Gasteiger partial charge in [0.25, 0.3) is 5.97 Å². The van der Waals surface area contributed by atoms with E-state index >= 15 is 0 Å². The van der Waals surface area contributed by atoms with E-state index in [0.717, 1.165) is 61.4 Å². The molecule has 7 heteroatoms. The molecule has 0 saturated carbocycles. The van der Waals surface area contributed by atoms with E-state index < -0.39 is 5.97 Å². The highest BCUT2D eigenvalue weighted by atomic mass is 35.5. The smallest absolute Gasteiger partial charge is 0.300 e. The monoisotopic (exact) mass is 401 g/mol. The van der Waals surface area contributed by atoms with Gasteiger partial charge in [0.2, 0.25) is 0 Å². The first-order chi connectivity index (χ1) is 13.4. The topological polar surface area (TPSA) is 78.6 Å². The summed E-state index contributed by atoms with van der Waals surface area (Å²) < 4.78 is 2.27. The molecule has 28 heavy (non-hydrogen) atoms. The van der Waals surface area contributed by atoms with Crippen LogP contribution in [0.15, 0.2) is 48.5 Å². The van der Waals surface area contributed by atoms with Gasteiger partial charge >= 0.3 is 0 Å². The van der Waals surface area contributed by atoms with Crippen molar-refractivity contribution in [3.63, 3.8) is 0 Å². The van der Waals surface area contributed by atoms with Gasteiger partial charge in [-0.15, -0.1) is 0 Å². The van der Waals surface area contributed by atoms with E-state index in [9.17, 15) is 5.11 Å². The molecule has 0 unspecified atom stereocenters. The maximum atomic E-state index is 9.77. The fourth-order valence-corrected chi connectivity index (χ4v) is 3.48. The van der Waals surface area contributed by atoms with Crippen LogP contribution in [-0.4, -0.2) is 49.8 Å². The highest BCUT2D eigenvalue weighted by Gasteiger charge is 2.22. The Bertz CT molecular complexity index is 936. The minimum Gasteiger partial charge on any atom is -0.481 e. The molecule has 1 atom stereocenters. The molecule has 0 aliphatic carbocycles. The first-order valence-corrected chi connectivity index (χ1v) is 9.58. The third-order valence-corrected chi connectivity index (χ3v) is 4.85. The molecule has 4 rings (SSSR count). The Morgan fingerprint density at radius 1 is 1.18 bits per heavy atom. The lowest BCUT2D eigenvalue weighted by Gasteiger charge is -2.16. The number of aliphatic hydroxyl groups is 1. The molecule has 2 heterocycles. The lowest BCUT2D eigenvalue weighted by atomic mass is 10.2. The van der Waals surface area contributed by atoms with Crippen LogP contribution in [0, 0.1) is 0 Å². The molecule has 2 N–H and O–H groups in total. The predicted octanol–water partition coefficient (Wildman–Crippen LogP) is 3.40. The zero-order valence-electron chi connectivity index (χ0n) is 15.8. The highest BCUT2D eigenvalue weighted by Crippen LogP contribution is 2.21. The molecule has 1 saturated heterocycles. The summed E-state index contributed by atoms with van der Waals surface area (Å²) in [5.41, 5.74) is 3.36. The maximum absolute atomic E-state index is 9.77. The number of aliphatic carboxylic acids is 1. The summed E-state index contributed by atoms with van der Waals surface area (Å²) in [6.45, 7) is 4.26. The number of β-amino-alcohol motifs (C(OH)–C–C–N with tert-alkyl or cyclic N) is 1. The summed E-state index contributed by atoms with van der Waals surface area (Å²) in [6.07, 6.45) is 0.635. The number of aromatic nitrogens is 2. The number of benzene rings is 2. The Labute approximate surface area is 169 Å². The number of carboxylic acids is 1. The molecule has 0 bridgehead atoms. The van der Waals surface area contributed by atoms with E-state index in [1.807, 2.05) is 24.3 Å². The van der Waals surface area contributed by atoms with Gasteiger partial charge in [0, 0.05) is 31.6 Å². The number of aliphatic hydroxyl groups excluding tert-OH is 1. The minimum atomic E-state index is -0.833. The molecule has 1 aliphatic heterocycles. The van der Waals surface area contributed by atoms with Crippen LogP contribution in [0.3, 0.4) is 0 Å². The molecule has 0 amide bonds. The van der Waals surface area contributed by atoms with E-state index in [1.54, 1.807) is 0 Å². The second-order valence-electron chi connectivity index (χ2n) is 6.93. The Kier molecular flexibility index (Phi) is 6.67. The van der Waals surface area contributed by atoms with Crippen molar-refractivity contribution in [1.29, 1.82) is 0 Å². The van der Waals surface area contributed by atoms with E-state index in [1.165, 1.54) is 5.56 Å². The van der Waals surface area contributed by atoms with Gasteiger partial charge in [0.15, 0.2) is 0 Å². The number of hydrogen-bond acceptors (Lipinski definition) is 4. The van der Waals surface area contributed by atoms with Crippen LogP contribution in [0.5, 0.6) is 0 Å². The third kappa shape index (κ3) is 5.32. The number of fused-ring (bicyclic) bond motifs is 1. The van der Waals surface area contributed by atoms with Crippen molar-refractivity contribution in [3.05, 3.63) is 64.9 Å². The van der Waals surface area contributed by atoms with Crippen LogP contribution in [0.1, 0.15) is 24.7 Å². The molecule has 1 aromatic heterocycles. The average molecular weight is 402 g/mol. The number of carbonyl (C=O) groups is 1. The molecule has 148 valence electrons. The normalized spacial score (nSPS) is 16.8. The molecule has 2 aromatic carbocycles. The van der Waals surface area contributed by atoms with Crippen molar-refractivity contribution in [1.82, 2.24) is 14.5 Å². The van der Waals surface area contributed by atoms with Crippen molar-refractivity contribution in [3.8, 4) is 0 Å². The van der Waals surface area contributed by atoms with Crippen molar-refractivity contribution >= 4 is 28.6 Å². The Morgan fingerprint density at radius 3 is 2.50 bits per heavy atom. The molecule has 1 aliphatic rings. The number of likely N-dealkylation sites (tertiary alicyclic amines) is 1. The zero-order chi connectivity index (χ0) is 20.1. The lowest BCUT2D eigenvalue weighted by molar-refractivity contribution is -0.134. The largest absolute Gasteiger partial charge is 0.481 e. The standard InChI is InChI=1S/C19H20ClN3O.C2H4O2/c20-15-7-5-14(6-8-15)11-23-18-4-2-1-3-17(18)21-19(23)13-22-10-9-16(24)12-22;1-2(3)4/h1-8,16,24H,9-13H2;1H3,(H,3,4)/t16-;/m0./s1. The van der Waals surface area contributed by atoms with Crippen molar-refractivity contribution in [2.45, 2.75) is 32.5 Å². The van der Waals surface area contributed by atoms with Crippen molar-refractivity contribution < 1.29 is 15.0 Å². The summed E-state index contributed by atoms with van der Waals surface area (Å²) in [7, 11) is 0. The number of para-hydroxylation sites is 2. The number of nitrogens with zero attached hydrogens (tertiary/aromatic N) is 3. The van der Waals surface area contributed by atoms with Crippen LogP contribution in [0.4, 0.5) is 0 Å². The summed E-state index contributed by atoms with van der Waals surface area (Å²) in [6, 6.07) is 16.2. The van der Waals surface area contributed by atoms with Crippen LogP contribution >= 0.6 is 11.6 Å². The number of imidazole rings is 1. The van der Waals surface area contributed by atoms with Gasteiger partial charge in [-0.2, -0.15) is 0 Å². The van der Waals surface area contributed by atoms with Gasteiger partial charge in [0.05, 0.1) is 23.7 Å². The van der Waals surface area contributed by atoms with Crippen LogP contribution in [-0.2, 0) is 17.9 Å². The quantitative estimate of drug-likeness (QED) is 0.700. The maximum Gasteiger partial charge on any atom is 0.300 e. The molecule has 1 fully saturated rings. The van der Waals surface area contributed by atoms with Gasteiger partial charge < -0.3 is 14.8 Å². The first-order valence-electron chi connectivity index (χ1n) is 9.21. The van der Waals surface area contributed by atoms with Gasteiger partial charge in [-0.3, -0.25) is 9.69 Å². The summed E-state index contributed by atoms with van der Waals surface area (Å²) in [5, 5.41) is 17.9. The van der Waals surface area contributed by atoms with Gasteiger partial charge in [-0.1, -0.05) is 35.9 Å². The van der Waals surface area contributed by atoms with E-state index in [2.05, 4.69) is 33.7 Å². The number of rotatable bonds is 4. The van der Waals surface area contributed by atoms with E-state index in [-0.39, 0.29) is 6.10 Å². The van der Waals surface area contributed by atoms with Crippen molar-refractivity contribution in [2.24, 2.45) is 0 Å². The minimum absolute atomic E-state index is 0.209. The SMILES string of the molecule is CC(=O)O.O[C@H]1CCN(Cc2nc3ccccc3n2Cc2ccc(Cl)cc2)C1. The Hall–Kier alpha value is -2.41. The Balaban J connectivity index is 0.000000516. The second kappa shape index (κ2) is 9.19. The van der Waals surface area contributed by atoms with Gasteiger partial charge in [-0.05, 0) is 36.2 Å². The van der Waals surface area contributed by atoms with Crippen LogP contribution < -0.4 is 0 Å². The fourth-order valence-electron chi connectivity index (χ4n) is 3.35. The number of hydrogen-bond donors (Lipinski definition) is 2. The van der Waals surface area contributed by atoms with E-state index in [0.29, 0.717) is 0 Å². The average Bonchev–Trinajstić information content (AvgIpc) is 3.20. The van der Waals surface area contributed by atoms with Crippen LogP contribution in [0.25, 0.3) is 11.0 Å². The zero-order valence-corrected chi connectivity index (χ0v) is 16.5. The Morgan fingerprint density at radius 2 is 1.86 bits per heavy atom. The van der Waals surface area contributed by atoms with E-state index in [4.69, 9.17) is 26.5 Å². The van der Waals surface area contributed by atoms with Gasteiger partial charge in [0.1, 0.15) is 5.82 Å². The summed E-state index contributed by atoms with van der Waals surface area (Å²) in [5.74, 6) is 0.209. The summed E-state index contributed by atoms with van der Waals surface area (Å²) in [4.78, 5) is 16.1. The van der Waals surface area contributed by atoms with Crippen LogP contribution in [0.2, 0.25) is 5.02 Å². The highest BCUT2D eigenvalue weighted by molar-refractivity contribution is 6.30. The number of carboxylic acid groups (broad SMARTS) is 1. The molecule has 3 aromatic rings. The molecule has 0 spiro atoms. The van der Waals surface area contributed by atoms with Gasteiger partial charge in [-0.25, -0.2) is 4.98 Å². The van der Waals surface area contributed by atoms with Crippen molar-refractivity contribution in [2.75, 3.05) is 13.1 Å². The first kappa shape index (κ1) is 20.3. The molecular weight excluding hydrogens is 378 g/mol. The molecular formula is C21H24ClN3O3. The molecule has 0 radical (unpaired) electrons. The lowest BCUT2D eigenvalue weighted by Crippen LogP contribution is -2.23. The second-order valence-corrected chi connectivity index (χ2v) is 7.36. The summed E-state index contributed by atoms with van der Waals surface area (Å²) >= 11 is 6.00. The molecule has 6 nitrogen and oxygen atoms in total. The third-order valence-electron chi connectivity index (χ3n) is 4.60.